The third-order valence-electron chi connectivity index (χ3n) is 3.43. The molecule has 0 saturated carbocycles. The maximum atomic E-state index is 13.0. The predicted molar refractivity (Wildman–Crippen MR) is 104 cm³/mol. The van der Waals surface area contributed by atoms with Crippen LogP contribution in [0.3, 0.4) is 0 Å². The maximum absolute atomic E-state index is 13.0. The number of allylic oxidation sites excluding steroid dienone is 1. The van der Waals surface area contributed by atoms with Crippen LogP contribution in [0.25, 0.3) is 11.8 Å². The molecule has 0 unspecified atom stereocenters. The lowest BCUT2D eigenvalue weighted by Gasteiger charge is -2.10. The summed E-state index contributed by atoms with van der Waals surface area (Å²) in [6.07, 6.45) is 6.40. The highest BCUT2D eigenvalue weighted by Crippen LogP contribution is 2.32. The Morgan fingerprint density at radius 1 is 1.00 bits per heavy atom. The monoisotopic (exact) mass is 410 g/mol. The molecule has 0 amide bonds. The van der Waals surface area contributed by atoms with E-state index in [9.17, 15) is 4.79 Å². The number of benzene rings is 2. The van der Waals surface area contributed by atoms with Gasteiger partial charge in [-0.2, -0.15) is 0 Å². The molecule has 0 radical (unpaired) electrons. The first-order valence-corrected chi connectivity index (χ1v) is 8.62. The van der Waals surface area contributed by atoms with Gasteiger partial charge in [-0.25, -0.2) is 4.98 Å². The number of Topliss-reactive ketones (excluding diaryl/α,β-unsaturated/α-hetero) is 1. The van der Waals surface area contributed by atoms with Crippen LogP contribution in [0.4, 0.5) is 0 Å². The number of carbonyl (C=O) groups excluding carboxylic acids is 1. The maximum Gasteiger partial charge on any atom is 0.209 e. The summed E-state index contributed by atoms with van der Waals surface area (Å²) in [4.78, 5) is 17.0. The van der Waals surface area contributed by atoms with Gasteiger partial charge < -0.3 is 4.57 Å². The van der Waals surface area contributed by atoms with Crippen LogP contribution in [0.1, 0.15) is 15.9 Å². The Morgan fingerprint density at radius 2 is 1.72 bits per heavy atom. The predicted octanol–water partition coefficient (Wildman–Crippen LogP) is 6.38. The highest BCUT2D eigenvalue weighted by Gasteiger charge is 2.16. The zero-order valence-electron chi connectivity index (χ0n) is 12.6. The van der Waals surface area contributed by atoms with Crippen molar-refractivity contribution in [1.29, 1.82) is 0 Å². The number of imidazole rings is 1. The van der Waals surface area contributed by atoms with E-state index in [4.69, 9.17) is 46.4 Å². The van der Waals surface area contributed by atoms with Crippen LogP contribution in [0.2, 0.25) is 20.1 Å². The van der Waals surface area contributed by atoms with Crippen molar-refractivity contribution in [1.82, 2.24) is 9.55 Å². The summed E-state index contributed by atoms with van der Waals surface area (Å²) in [5, 5.41) is 1.59. The molecule has 0 N–H and O–H groups in total. The number of ketones is 1. The summed E-state index contributed by atoms with van der Waals surface area (Å²) in [6.45, 7) is 0. The van der Waals surface area contributed by atoms with Crippen molar-refractivity contribution >= 4 is 64.0 Å². The number of carbonyl (C=O) groups is 1. The molecule has 0 aliphatic rings. The third-order valence-corrected chi connectivity index (χ3v) is 4.72. The molecular weight excluding hydrogens is 402 g/mol. The summed E-state index contributed by atoms with van der Waals surface area (Å²) < 4.78 is 1.60. The second-order valence-electron chi connectivity index (χ2n) is 5.13. The standard InChI is InChI=1S/C18H10Cl4N2O/c19-13-3-1-11(2-4-13)18(25)16(24-6-5-23-10-24)8-12-7-14(20)9-15(21)17(12)22/h1-10H/b16-8+. The van der Waals surface area contributed by atoms with Crippen LogP contribution in [-0.4, -0.2) is 15.3 Å². The number of hydrogen-bond acceptors (Lipinski definition) is 2. The SMILES string of the molecule is O=C(/C(=C\c1cc(Cl)cc(Cl)c1Cl)n1ccnc1)c1ccc(Cl)cc1. The number of halogens is 4. The molecule has 25 heavy (non-hydrogen) atoms. The molecule has 0 aliphatic heterocycles. The first-order chi connectivity index (χ1) is 12.0. The molecule has 0 saturated heterocycles. The minimum absolute atomic E-state index is 0.221. The average molecular weight is 412 g/mol. The molecule has 1 aromatic heterocycles. The number of nitrogens with zero attached hydrogens (tertiary/aromatic N) is 2. The van der Waals surface area contributed by atoms with E-state index in [0.717, 1.165) is 0 Å². The van der Waals surface area contributed by atoms with Gasteiger partial charge in [0.1, 0.15) is 0 Å². The quantitative estimate of drug-likeness (QED) is 0.283. The van der Waals surface area contributed by atoms with Gasteiger partial charge >= 0.3 is 0 Å². The lowest BCUT2D eigenvalue weighted by Crippen LogP contribution is -2.08. The average Bonchev–Trinajstić information content (AvgIpc) is 3.11. The summed E-state index contributed by atoms with van der Waals surface area (Å²) >= 11 is 24.3. The smallest absolute Gasteiger partial charge is 0.209 e. The van der Waals surface area contributed by atoms with Crippen LogP contribution < -0.4 is 0 Å². The molecule has 2 aromatic carbocycles. The van der Waals surface area contributed by atoms with Gasteiger partial charge in [-0.1, -0.05) is 46.4 Å². The molecular formula is C18H10Cl4N2O. The summed E-state index contributed by atoms with van der Waals surface area (Å²) in [5.74, 6) is -0.221. The molecule has 0 bridgehead atoms. The van der Waals surface area contributed by atoms with Gasteiger partial charge in [0.15, 0.2) is 0 Å². The van der Waals surface area contributed by atoms with Gasteiger partial charge in [-0.05, 0) is 48.0 Å². The van der Waals surface area contributed by atoms with E-state index in [2.05, 4.69) is 4.98 Å². The Morgan fingerprint density at radius 3 is 2.36 bits per heavy atom. The van der Waals surface area contributed by atoms with Gasteiger partial charge in [0, 0.05) is 28.0 Å². The lowest BCUT2D eigenvalue weighted by molar-refractivity contribution is 0.105. The number of hydrogen-bond donors (Lipinski definition) is 0. The zero-order chi connectivity index (χ0) is 18.0. The van der Waals surface area contributed by atoms with Crippen molar-refractivity contribution in [3.63, 3.8) is 0 Å². The van der Waals surface area contributed by atoms with E-state index in [-0.39, 0.29) is 5.78 Å². The second kappa shape index (κ2) is 7.63. The molecule has 7 heteroatoms. The number of rotatable bonds is 4. The number of aromatic nitrogens is 2. The highest BCUT2D eigenvalue weighted by atomic mass is 35.5. The fourth-order valence-electron chi connectivity index (χ4n) is 2.24. The van der Waals surface area contributed by atoms with E-state index in [1.54, 1.807) is 59.4 Å². The summed E-state index contributed by atoms with van der Waals surface area (Å²) in [7, 11) is 0. The first kappa shape index (κ1) is 18.0. The molecule has 126 valence electrons. The minimum atomic E-state index is -0.221. The van der Waals surface area contributed by atoms with Crippen LogP contribution >= 0.6 is 46.4 Å². The second-order valence-corrected chi connectivity index (χ2v) is 6.78. The van der Waals surface area contributed by atoms with Crippen LogP contribution in [-0.2, 0) is 0 Å². The molecule has 3 rings (SSSR count). The van der Waals surface area contributed by atoms with Crippen molar-refractivity contribution in [2.75, 3.05) is 0 Å². The van der Waals surface area contributed by atoms with Gasteiger partial charge in [0.05, 0.1) is 22.1 Å². The molecule has 3 aromatic rings. The van der Waals surface area contributed by atoms with E-state index in [1.165, 1.54) is 6.33 Å². The Bertz CT molecular complexity index is 948. The summed E-state index contributed by atoms with van der Waals surface area (Å²) in [5.41, 5.74) is 1.36. The molecule has 1 heterocycles. The third kappa shape index (κ3) is 4.07. The Hall–Kier alpha value is -1.78. The first-order valence-electron chi connectivity index (χ1n) is 7.10. The Kier molecular flexibility index (Phi) is 5.50. The van der Waals surface area contributed by atoms with E-state index >= 15 is 0 Å². The molecule has 0 aliphatic carbocycles. The molecule has 0 atom stereocenters. The van der Waals surface area contributed by atoms with Crippen LogP contribution in [0.15, 0.2) is 55.1 Å². The van der Waals surface area contributed by atoms with Crippen molar-refractivity contribution < 1.29 is 4.79 Å². The Labute approximate surface area is 164 Å². The fraction of sp³-hybridized carbons (Fsp3) is 0. The van der Waals surface area contributed by atoms with E-state index < -0.39 is 0 Å². The van der Waals surface area contributed by atoms with Gasteiger partial charge in [-0.3, -0.25) is 4.79 Å². The minimum Gasteiger partial charge on any atom is -0.303 e. The highest BCUT2D eigenvalue weighted by molar-refractivity contribution is 6.44. The summed E-state index contributed by atoms with van der Waals surface area (Å²) in [6, 6.07) is 9.81. The van der Waals surface area contributed by atoms with Crippen LogP contribution in [0.5, 0.6) is 0 Å². The zero-order valence-corrected chi connectivity index (χ0v) is 15.6. The van der Waals surface area contributed by atoms with Gasteiger partial charge in [0.25, 0.3) is 0 Å². The van der Waals surface area contributed by atoms with E-state index in [1.807, 2.05) is 0 Å². The molecule has 0 spiro atoms. The van der Waals surface area contributed by atoms with Gasteiger partial charge in [0.2, 0.25) is 5.78 Å². The normalized spacial score (nSPS) is 11.6. The van der Waals surface area contributed by atoms with Crippen molar-refractivity contribution in [2.24, 2.45) is 0 Å². The fourth-order valence-corrected chi connectivity index (χ4v) is 3.04. The van der Waals surface area contributed by atoms with Gasteiger partial charge in [-0.15, -0.1) is 0 Å². The lowest BCUT2D eigenvalue weighted by atomic mass is 10.1. The van der Waals surface area contributed by atoms with E-state index in [0.29, 0.717) is 36.9 Å². The Balaban J connectivity index is 2.13. The molecule has 3 nitrogen and oxygen atoms in total. The van der Waals surface area contributed by atoms with Crippen LogP contribution in [0, 0.1) is 0 Å². The van der Waals surface area contributed by atoms with Crippen molar-refractivity contribution in [2.45, 2.75) is 0 Å². The topological polar surface area (TPSA) is 34.9 Å². The molecule has 0 fully saturated rings. The van der Waals surface area contributed by atoms with Crippen molar-refractivity contribution in [3.8, 4) is 0 Å². The van der Waals surface area contributed by atoms with Crippen molar-refractivity contribution in [3.05, 3.63) is 86.3 Å². The largest absolute Gasteiger partial charge is 0.303 e.